The van der Waals surface area contributed by atoms with Gasteiger partial charge in [0.25, 0.3) is 0 Å². The van der Waals surface area contributed by atoms with Gasteiger partial charge in [0.15, 0.2) is 0 Å². The Morgan fingerprint density at radius 3 is 2.63 bits per heavy atom. The highest BCUT2D eigenvalue weighted by Crippen LogP contribution is 2.34. The zero-order valence-corrected chi connectivity index (χ0v) is 12.4. The summed E-state index contributed by atoms with van der Waals surface area (Å²) in [6, 6.07) is 12.7. The van der Waals surface area contributed by atoms with E-state index in [1.54, 1.807) is 6.07 Å². The van der Waals surface area contributed by atoms with E-state index in [1.807, 2.05) is 31.3 Å². The summed E-state index contributed by atoms with van der Waals surface area (Å²) < 4.78 is 13.1. The van der Waals surface area contributed by atoms with Crippen molar-refractivity contribution in [3.8, 4) is 0 Å². The summed E-state index contributed by atoms with van der Waals surface area (Å²) in [5.74, 6) is -0.235. The van der Waals surface area contributed by atoms with Gasteiger partial charge in [-0.3, -0.25) is 0 Å². The number of halogens is 2. The Morgan fingerprint density at radius 1 is 1.21 bits per heavy atom. The Balaban J connectivity index is 2.22. The van der Waals surface area contributed by atoms with Gasteiger partial charge >= 0.3 is 0 Å². The van der Waals surface area contributed by atoms with Crippen LogP contribution < -0.4 is 5.32 Å². The van der Waals surface area contributed by atoms with E-state index >= 15 is 0 Å². The Morgan fingerprint density at radius 2 is 2.00 bits per heavy atom. The summed E-state index contributed by atoms with van der Waals surface area (Å²) >= 11 is 7.74. The fourth-order valence-electron chi connectivity index (χ4n) is 1.69. The topological polar surface area (TPSA) is 12.0 Å². The molecule has 0 aliphatic rings. The van der Waals surface area contributed by atoms with E-state index in [4.69, 9.17) is 11.6 Å². The maximum Gasteiger partial charge on any atom is 0.124 e. The van der Waals surface area contributed by atoms with Gasteiger partial charge < -0.3 is 5.32 Å². The third-order valence-corrected chi connectivity index (χ3v) is 4.40. The molecule has 1 unspecified atom stereocenters. The second-order valence-electron chi connectivity index (χ2n) is 4.26. The molecule has 1 atom stereocenters. The standard InChI is InChI=1S/C15H15ClFNS/c1-10(18-2)11-6-7-15(14(16)8-11)19-13-5-3-4-12(17)9-13/h3-10,18H,1-2H3. The molecule has 0 amide bonds. The Kier molecular flexibility index (Phi) is 4.86. The highest BCUT2D eigenvalue weighted by Gasteiger charge is 2.08. The maximum atomic E-state index is 13.1. The summed E-state index contributed by atoms with van der Waals surface area (Å²) in [7, 11) is 1.91. The summed E-state index contributed by atoms with van der Waals surface area (Å²) in [6.07, 6.45) is 0. The Hall–Kier alpha value is -1.03. The smallest absolute Gasteiger partial charge is 0.124 e. The molecule has 0 aromatic heterocycles. The predicted octanol–water partition coefficient (Wildman–Crippen LogP) is 4.91. The molecule has 2 aromatic carbocycles. The molecule has 0 bridgehead atoms. The number of rotatable bonds is 4. The molecule has 4 heteroatoms. The van der Waals surface area contributed by atoms with Crippen LogP contribution in [0.1, 0.15) is 18.5 Å². The van der Waals surface area contributed by atoms with Gasteiger partial charge in [0, 0.05) is 15.8 Å². The summed E-state index contributed by atoms with van der Waals surface area (Å²) in [6.45, 7) is 2.07. The third kappa shape index (κ3) is 3.72. The van der Waals surface area contributed by atoms with Crippen LogP contribution in [0.25, 0.3) is 0 Å². The Bertz CT molecular complexity index is 574. The molecule has 100 valence electrons. The van der Waals surface area contributed by atoms with Crippen molar-refractivity contribution in [1.29, 1.82) is 0 Å². The van der Waals surface area contributed by atoms with Crippen LogP contribution in [0.4, 0.5) is 4.39 Å². The van der Waals surface area contributed by atoms with Crippen LogP contribution in [0.5, 0.6) is 0 Å². The van der Waals surface area contributed by atoms with Crippen LogP contribution in [-0.4, -0.2) is 7.05 Å². The van der Waals surface area contributed by atoms with E-state index in [1.165, 1.54) is 23.9 Å². The van der Waals surface area contributed by atoms with E-state index in [2.05, 4.69) is 12.2 Å². The molecular formula is C15H15ClFNS. The third-order valence-electron chi connectivity index (χ3n) is 2.91. The van der Waals surface area contributed by atoms with Crippen LogP contribution >= 0.6 is 23.4 Å². The van der Waals surface area contributed by atoms with Gasteiger partial charge in [-0.2, -0.15) is 0 Å². The molecule has 2 rings (SSSR count). The minimum Gasteiger partial charge on any atom is -0.313 e. The fraction of sp³-hybridized carbons (Fsp3) is 0.200. The quantitative estimate of drug-likeness (QED) is 0.860. The highest BCUT2D eigenvalue weighted by atomic mass is 35.5. The van der Waals surface area contributed by atoms with Crippen LogP contribution in [0.15, 0.2) is 52.3 Å². The zero-order chi connectivity index (χ0) is 13.8. The fourth-order valence-corrected chi connectivity index (χ4v) is 2.86. The van der Waals surface area contributed by atoms with Crippen LogP contribution in [0, 0.1) is 5.82 Å². The molecule has 0 fully saturated rings. The van der Waals surface area contributed by atoms with Crippen molar-refractivity contribution in [3.63, 3.8) is 0 Å². The first-order valence-corrected chi connectivity index (χ1v) is 7.19. The van der Waals surface area contributed by atoms with Crippen molar-refractivity contribution in [2.75, 3.05) is 7.05 Å². The van der Waals surface area contributed by atoms with Crippen molar-refractivity contribution >= 4 is 23.4 Å². The van der Waals surface area contributed by atoms with Crippen molar-refractivity contribution in [3.05, 3.63) is 58.9 Å². The van der Waals surface area contributed by atoms with Gasteiger partial charge in [-0.25, -0.2) is 4.39 Å². The molecular weight excluding hydrogens is 281 g/mol. The van der Waals surface area contributed by atoms with Crippen molar-refractivity contribution in [2.45, 2.75) is 22.8 Å². The SMILES string of the molecule is CNC(C)c1ccc(Sc2cccc(F)c2)c(Cl)c1. The molecule has 1 nitrogen and oxygen atoms in total. The van der Waals surface area contributed by atoms with Gasteiger partial charge in [0.1, 0.15) is 5.82 Å². The first kappa shape index (κ1) is 14.4. The minimum absolute atomic E-state index is 0.235. The number of hydrogen-bond acceptors (Lipinski definition) is 2. The van der Waals surface area contributed by atoms with Gasteiger partial charge in [-0.05, 0) is 49.9 Å². The second-order valence-corrected chi connectivity index (χ2v) is 5.78. The lowest BCUT2D eigenvalue weighted by molar-refractivity contribution is 0.624. The highest BCUT2D eigenvalue weighted by molar-refractivity contribution is 7.99. The summed E-state index contributed by atoms with van der Waals surface area (Å²) in [5.41, 5.74) is 1.14. The maximum absolute atomic E-state index is 13.1. The lowest BCUT2D eigenvalue weighted by Crippen LogP contribution is -2.12. The molecule has 19 heavy (non-hydrogen) atoms. The monoisotopic (exact) mass is 295 g/mol. The van der Waals surface area contributed by atoms with E-state index in [9.17, 15) is 4.39 Å². The molecule has 0 saturated carbocycles. The van der Waals surface area contributed by atoms with Gasteiger partial charge in [0.05, 0.1) is 5.02 Å². The largest absolute Gasteiger partial charge is 0.313 e. The van der Waals surface area contributed by atoms with Gasteiger partial charge in [-0.15, -0.1) is 0 Å². The van der Waals surface area contributed by atoms with E-state index in [0.29, 0.717) is 5.02 Å². The first-order valence-electron chi connectivity index (χ1n) is 6.00. The predicted molar refractivity (Wildman–Crippen MR) is 79.4 cm³/mol. The van der Waals surface area contributed by atoms with Crippen LogP contribution in [0.3, 0.4) is 0 Å². The molecule has 0 saturated heterocycles. The van der Waals surface area contributed by atoms with Gasteiger partial charge in [0.2, 0.25) is 0 Å². The molecule has 0 spiro atoms. The molecule has 0 heterocycles. The molecule has 2 aromatic rings. The van der Waals surface area contributed by atoms with Crippen LogP contribution in [-0.2, 0) is 0 Å². The lowest BCUT2D eigenvalue weighted by Gasteiger charge is -2.12. The minimum atomic E-state index is -0.235. The molecule has 0 aliphatic carbocycles. The van der Waals surface area contributed by atoms with Crippen LogP contribution in [0.2, 0.25) is 5.02 Å². The molecule has 0 aliphatic heterocycles. The summed E-state index contributed by atoms with van der Waals surface area (Å²) in [4.78, 5) is 1.77. The molecule has 0 radical (unpaired) electrons. The zero-order valence-electron chi connectivity index (χ0n) is 10.8. The van der Waals surface area contributed by atoms with Crippen molar-refractivity contribution in [1.82, 2.24) is 5.32 Å². The number of benzene rings is 2. The van der Waals surface area contributed by atoms with Crippen molar-refractivity contribution < 1.29 is 4.39 Å². The lowest BCUT2D eigenvalue weighted by atomic mass is 10.1. The Labute approximate surface area is 122 Å². The summed E-state index contributed by atoms with van der Waals surface area (Å²) in [5, 5.41) is 3.86. The number of nitrogens with one attached hydrogen (secondary N) is 1. The first-order chi connectivity index (χ1) is 9.10. The van der Waals surface area contributed by atoms with Crippen molar-refractivity contribution in [2.24, 2.45) is 0 Å². The average molecular weight is 296 g/mol. The molecule has 1 N–H and O–H groups in total. The van der Waals surface area contributed by atoms with E-state index in [-0.39, 0.29) is 11.9 Å². The normalized spacial score (nSPS) is 12.4. The van der Waals surface area contributed by atoms with E-state index in [0.717, 1.165) is 15.4 Å². The number of hydrogen-bond donors (Lipinski definition) is 1. The second kappa shape index (κ2) is 6.42. The van der Waals surface area contributed by atoms with E-state index < -0.39 is 0 Å². The average Bonchev–Trinajstić information content (AvgIpc) is 2.40. The van der Waals surface area contributed by atoms with Gasteiger partial charge in [-0.1, -0.05) is 35.5 Å².